The van der Waals surface area contributed by atoms with Gasteiger partial charge in [-0.2, -0.15) is 5.10 Å². The predicted octanol–water partition coefficient (Wildman–Crippen LogP) is 1.82. The zero-order valence-corrected chi connectivity index (χ0v) is 17.1. The van der Waals surface area contributed by atoms with Crippen LogP contribution in [-0.2, 0) is 25.8 Å². The lowest BCUT2D eigenvalue weighted by molar-refractivity contribution is -0.137. The molecule has 1 fully saturated rings. The van der Waals surface area contributed by atoms with Gasteiger partial charge in [0.15, 0.2) is 20.9 Å². The van der Waals surface area contributed by atoms with Gasteiger partial charge in [0, 0.05) is 0 Å². The number of carbonyl (C=O) groups is 2. The number of nitrogens with one attached hydrogen (secondary N) is 1. The number of fused-ring (bicyclic) bond motifs is 1. The molecule has 0 bridgehead atoms. The van der Waals surface area contributed by atoms with E-state index in [0.29, 0.717) is 17.3 Å². The van der Waals surface area contributed by atoms with E-state index in [1.165, 1.54) is 21.9 Å². The maximum Gasteiger partial charge on any atom is 0.261 e. The van der Waals surface area contributed by atoms with Gasteiger partial charge in [-0.15, -0.1) is 0 Å². The minimum Gasteiger partial charge on any atom is -0.301 e. The average molecular weight is 421 g/mol. The molecule has 0 saturated carbocycles. The second-order valence-corrected chi connectivity index (χ2v) is 10.3. The van der Waals surface area contributed by atoms with E-state index in [-0.39, 0.29) is 11.5 Å². The van der Waals surface area contributed by atoms with Crippen LogP contribution in [0.5, 0.6) is 0 Å². The van der Waals surface area contributed by atoms with Crippen LogP contribution in [0, 0.1) is 5.92 Å². The SMILES string of the molecule is CCc1ccc2nc(NC(=O)C3C(=O)N(C4CCS(=O)(=O)C4)N=C3C)sc2c1. The summed E-state index contributed by atoms with van der Waals surface area (Å²) in [6.07, 6.45) is 1.26. The average Bonchev–Trinajstić information content (AvgIpc) is 3.28. The number of hydrazone groups is 1. The van der Waals surface area contributed by atoms with Crippen LogP contribution >= 0.6 is 11.3 Å². The first kappa shape index (κ1) is 19.0. The van der Waals surface area contributed by atoms with E-state index in [2.05, 4.69) is 22.3 Å². The Morgan fingerprint density at radius 3 is 2.86 bits per heavy atom. The summed E-state index contributed by atoms with van der Waals surface area (Å²) in [6.45, 7) is 3.68. The van der Waals surface area contributed by atoms with E-state index in [4.69, 9.17) is 0 Å². The zero-order chi connectivity index (χ0) is 20.1. The van der Waals surface area contributed by atoms with E-state index in [1.807, 2.05) is 18.2 Å². The molecule has 0 aliphatic carbocycles. The smallest absolute Gasteiger partial charge is 0.261 e. The number of aromatic nitrogens is 1. The number of hydrogen-bond donors (Lipinski definition) is 1. The Morgan fingerprint density at radius 1 is 1.39 bits per heavy atom. The van der Waals surface area contributed by atoms with Crippen molar-refractivity contribution in [1.82, 2.24) is 9.99 Å². The molecule has 10 heteroatoms. The second kappa shape index (κ2) is 6.93. The van der Waals surface area contributed by atoms with Gasteiger partial charge >= 0.3 is 0 Å². The predicted molar refractivity (Wildman–Crippen MR) is 108 cm³/mol. The van der Waals surface area contributed by atoms with Crippen molar-refractivity contribution in [3.63, 3.8) is 0 Å². The van der Waals surface area contributed by atoms with Crippen LogP contribution in [0.15, 0.2) is 23.3 Å². The molecule has 1 aromatic heterocycles. The molecule has 4 rings (SSSR count). The van der Waals surface area contributed by atoms with E-state index < -0.39 is 33.6 Å². The molecule has 28 heavy (non-hydrogen) atoms. The Balaban J connectivity index is 1.51. The van der Waals surface area contributed by atoms with Crippen LogP contribution in [0.25, 0.3) is 10.2 Å². The molecule has 148 valence electrons. The van der Waals surface area contributed by atoms with Crippen molar-refractivity contribution >= 4 is 54.0 Å². The number of rotatable bonds is 4. The molecule has 2 unspecified atom stereocenters. The zero-order valence-electron chi connectivity index (χ0n) is 15.5. The monoisotopic (exact) mass is 420 g/mol. The van der Waals surface area contributed by atoms with Crippen molar-refractivity contribution in [3.8, 4) is 0 Å². The summed E-state index contributed by atoms with van der Waals surface area (Å²) >= 11 is 1.36. The van der Waals surface area contributed by atoms with Crippen LogP contribution in [0.1, 0.15) is 25.8 Å². The number of sulfone groups is 1. The van der Waals surface area contributed by atoms with E-state index in [9.17, 15) is 18.0 Å². The minimum atomic E-state index is -3.15. The summed E-state index contributed by atoms with van der Waals surface area (Å²) in [5, 5.41) is 8.51. The van der Waals surface area contributed by atoms with Gasteiger partial charge in [0.25, 0.3) is 5.91 Å². The van der Waals surface area contributed by atoms with E-state index in [1.54, 1.807) is 6.92 Å². The Hall–Kier alpha value is -2.33. The van der Waals surface area contributed by atoms with Crippen molar-refractivity contribution in [2.45, 2.75) is 32.7 Å². The standard InChI is InChI=1S/C18H20N4O4S2/c1-3-11-4-5-13-14(8-11)27-18(19-13)20-16(23)15-10(2)21-22(17(15)24)12-6-7-28(25,26)9-12/h4-5,8,12,15H,3,6-7,9H2,1-2H3,(H,19,20,23). The molecule has 2 aliphatic heterocycles. The molecule has 1 saturated heterocycles. The largest absolute Gasteiger partial charge is 0.301 e. The molecule has 2 amide bonds. The van der Waals surface area contributed by atoms with E-state index in [0.717, 1.165) is 16.6 Å². The topological polar surface area (TPSA) is 109 Å². The fraction of sp³-hybridized carbons (Fsp3) is 0.444. The van der Waals surface area contributed by atoms with Crippen molar-refractivity contribution < 1.29 is 18.0 Å². The molecule has 1 aromatic carbocycles. The fourth-order valence-electron chi connectivity index (χ4n) is 3.54. The Labute approximate surface area is 166 Å². The van der Waals surface area contributed by atoms with Crippen molar-refractivity contribution in [3.05, 3.63) is 23.8 Å². The molecule has 2 aromatic rings. The van der Waals surface area contributed by atoms with Crippen LogP contribution in [0.3, 0.4) is 0 Å². The van der Waals surface area contributed by atoms with Crippen molar-refractivity contribution in [2.24, 2.45) is 11.0 Å². The first-order chi connectivity index (χ1) is 13.3. The number of aryl methyl sites for hydroxylation is 1. The van der Waals surface area contributed by atoms with Crippen LogP contribution < -0.4 is 5.32 Å². The van der Waals surface area contributed by atoms with Gasteiger partial charge in [-0.25, -0.2) is 18.4 Å². The summed E-state index contributed by atoms with van der Waals surface area (Å²) in [5.41, 5.74) is 2.34. The molecular formula is C18H20N4O4S2. The van der Waals surface area contributed by atoms with Crippen LogP contribution in [0.2, 0.25) is 0 Å². The summed E-state index contributed by atoms with van der Waals surface area (Å²) in [7, 11) is -3.15. The highest BCUT2D eigenvalue weighted by molar-refractivity contribution is 7.91. The fourth-order valence-corrected chi connectivity index (χ4v) is 6.16. The number of nitrogens with zero attached hydrogens (tertiary/aromatic N) is 3. The molecule has 1 N–H and O–H groups in total. The number of carbonyl (C=O) groups excluding carboxylic acids is 2. The maximum absolute atomic E-state index is 12.7. The van der Waals surface area contributed by atoms with Crippen molar-refractivity contribution in [2.75, 3.05) is 16.8 Å². The van der Waals surface area contributed by atoms with Gasteiger partial charge in [0.05, 0.1) is 33.5 Å². The van der Waals surface area contributed by atoms with Gasteiger partial charge in [-0.1, -0.05) is 24.3 Å². The Bertz CT molecular complexity index is 1110. The highest BCUT2D eigenvalue weighted by atomic mass is 32.2. The quantitative estimate of drug-likeness (QED) is 0.759. The number of hydrogen-bond acceptors (Lipinski definition) is 7. The second-order valence-electron chi connectivity index (χ2n) is 7.08. The molecule has 8 nitrogen and oxygen atoms in total. The van der Waals surface area contributed by atoms with Gasteiger partial charge in [-0.3, -0.25) is 9.59 Å². The summed E-state index contributed by atoms with van der Waals surface area (Å²) in [6, 6.07) is 5.45. The molecule has 3 heterocycles. The summed E-state index contributed by atoms with van der Waals surface area (Å²) in [4.78, 5) is 29.9. The lowest BCUT2D eigenvalue weighted by atomic mass is 10.0. The first-order valence-electron chi connectivity index (χ1n) is 9.06. The van der Waals surface area contributed by atoms with Crippen LogP contribution in [0.4, 0.5) is 5.13 Å². The number of benzene rings is 1. The highest BCUT2D eigenvalue weighted by Crippen LogP contribution is 2.29. The molecule has 0 spiro atoms. The Morgan fingerprint density at radius 2 is 2.18 bits per heavy atom. The van der Waals surface area contributed by atoms with Crippen molar-refractivity contribution in [1.29, 1.82) is 0 Å². The van der Waals surface area contributed by atoms with E-state index >= 15 is 0 Å². The Kier molecular flexibility index (Phi) is 4.70. The molecule has 2 aliphatic rings. The maximum atomic E-state index is 12.7. The van der Waals surface area contributed by atoms with Gasteiger partial charge in [-0.05, 0) is 37.5 Å². The molecular weight excluding hydrogens is 400 g/mol. The number of thiazole rings is 1. The minimum absolute atomic E-state index is 0.0400. The normalized spacial score (nSPS) is 24.0. The third-order valence-corrected chi connectivity index (χ3v) is 7.75. The number of anilines is 1. The first-order valence-corrected chi connectivity index (χ1v) is 11.7. The van der Waals surface area contributed by atoms with Gasteiger partial charge in [0.1, 0.15) is 0 Å². The van der Waals surface area contributed by atoms with Gasteiger partial charge < -0.3 is 5.32 Å². The third kappa shape index (κ3) is 3.42. The summed E-state index contributed by atoms with van der Waals surface area (Å²) < 4.78 is 24.4. The molecule has 0 radical (unpaired) electrons. The highest BCUT2D eigenvalue weighted by Gasteiger charge is 2.45. The number of amides is 2. The summed E-state index contributed by atoms with van der Waals surface area (Å²) in [5.74, 6) is -2.10. The third-order valence-electron chi connectivity index (χ3n) is 5.06. The van der Waals surface area contributed by atoms with Gasteiger partial charge in [0.2, 0.25) is 5.91 Å². The lowest BCUT2D eigenvalue weighted by Gasteiger charge is -2.19. The molecule has 2 atom stereocenters. The lowest BCUT2D eigenvalue weighted by Crippen LogP contribution is -2.40. The van der Waals surface area contributed by atoms with Crippen LogP contribution in [-0.4, -0.2) is 53.5 Å².